The van der Waals surface area contributed by atoms with Crippen LogP contribution < -0.4 is 0 Å². The predicted octanol–water partition coefficient (Wildman–Crippen LogP) is 1.63. The molecule has 0 bridgehead atoms. The van der Waals surface area contributed by atoms with E-state index in [1.807, 2.05) is 0 Å². The number of nitrogens with zero attached hydrogens (tertiary/aromatic N) is 1. The van der Waals surface area contributed by atoms with Crippen LogP contribution in [0.25, 0.3) is 11.0 Å². The molecule has 114 valence electrons. The SMILES string of the molecule is CN(CC(C)(CO)CO)C(=O)c1cc2cccc(F)c2o1. The lowest BCUT2D eigenvalue weighted by Crippen LogP contribution is -2.41. The second-order valence-corrected chi connectivity index (χ2v) is 5.56. The number of carbonyl (C=O) groups is 1. The van der Waals surface area contributed by atoms with Gasteiger partial charge in [-0.1, -0.05) is 19.1 Å². The van der Waals surface area contributed by atoms with Gasteiger partial charge in [-0.2, -0.15) is 0 Å². The molecule has 5 nitrogen and oxygen atoms in total. The zero-order valence-corrected chi connectivity index (χ0v) is 12.0. The predicted molar refractivity (Wildman–Crippen MR) is 75.4 cm³/mol. The fourth-order valence-electron chi connectivity index (χ4n) is 2.12. The maximum absolute atomic E-state index is 13.6. The molecular weight excluding hydrogens is 277 g/mol. The van der Waals surface area contributed by atoms with Crippen LogP contribution >= 0.6 is 0 Å². The van der Waals surface area contributed by atoms with E-state index in [4.69, 9.17) is 4.42 Å². The van der Waals surface area contributed by atoms with E-state index in [-0.39, 0.29) is 31.1 Å². The molecule has 2 rings (SSSR count). The van der Waals surface area contributed by atoms with Crippen molar-refractivity contribution in [2.75, 3.05) is 26.8 Å². The van der Waals surface area contributed by atoms with Crippen LogP contribution in [0, 0.1) is 11.2 Å². The van der Waals surface area contributed by atoms with Gasteiger partial charge in [-0.3, -0.25) is 4.79 Å². The molecule has 2 N–H and O–H groups in total. The van der Waals surface area contributed by atoms with Crippen LogP contribution in [-0.2, 0) is 0 Å². The Hall–Kier alpha value is -1.92. The van der Waals surface area contributed by atoms with Crippen LogP contribution in [0.3, 0.4) is 0 Å². The summed E-state index contributed by atoms with van der Waals surface area (Å²) in [5, 5.41) is 19.0. The largest absolute Gasteiger partial charge is 0.448 e. The molecule has 1 amide bonds. The molecule has 0 aliphatic rings. The average Bonchev–Trinajstić information content (AvgIpc) is 2.91. The first-order chi connectivity index (χ1) is 9.90. The van der Waals surface area contributed by atoms with E-state index in [1.165, 1.54) is 24.1 Å². The molecule has 0 saturated carbocycles. The molecule has 0 atom stereocenters. The molecule has 21 heavy (non-hydrogen) atoms. The number of furan rings is 1. The lowest BCUT2D eigenvalue weighted by Gasteiger charge is -2.29. The molecule has 1 heterocycles. The molecule has 0 radical (unpaired) electrons. The highest BCUT2D eigenvalue weighted by Crippen LogP contribution is 2.24. The minimum absolute atomic E-state index is 0.0239. The van der Waals surface area contributed by atoms with E-state index in [0.717, 1.165) is 0 Å². The normalized spacial score (nSPS) is 11.9. The third kappa shape index (κ3) is 3.06. The van der Waals surface area contributed by atoms with Gasteiger partial charge in [-0.25, -0.2) is 4.39 Å². The lowest BCUT2D eigenvalue weighted by atomic mass is 9.92. The van der Waals surface area contributed by atoms with E-state index in [9.17, 15) is 19.4 Å². The second kappa shape index (κ2) is 5.83. The highest BCUT2D eigenvalue weighted by molar-refractivity contribution is 5.96. The van der Waals surface area contributed by atoms with E-state index in [2.05, 4.69) is 0 Å². The molecule has 0 aliphatic carbocycles. The van der Waals surface area contributed by atoms with Gasteiger partial charge in [0.15, 0.2) is 17.2 Å². The summed E-state index contributed by atoms with van der Waals surface area (Å²) < 4.78 is 18.8. The van der Waals surface area contributed by atoms with Crippen LogP contribution in [0.4, 0.5) is 4.39 Å². The summed E-state index contributed by atoms with van der Waals surface area (Å²) in [6, 6.07) is 5.94. The summed E-state index contributed by atoms with van der Waals surface area (Å²) >= 11 is 0. The topological polar surface area (TPSA) is 73.9 Å². The fraction of sp³-hybridized carbons (Fsp3) is 0.400. The second-order valence-electron chi connectivity index (χ2n) is 5.56. The van der Waals surface area contributed by atoms with Crippen molar-refractivity contribution < 1.29 is 23.8 Å². The summed E-state index contributed by atoms with van der Waals surface area (Å²) in [6.45, 7) is 1.30. The van der Waals surface area contributed by atoms with Crippen LogP contribution in [0.5, 0.6) is 0 Å². The molecule has 0 fully saturated rings. The number of amides is 1. The Morgan fingerprint density at radius 3 is 2.62 bits per heavy atom. The molecule has 2 aromatic rings. The Kier molecular flexibility index (Phi) is 4.29. The van der Waals surface area contributed by atoms with Gasteiger partial charge in [0.2, 0.25) is 0 Å². The Labute approximate surface area is 121 Å². The fourth-order valence-corrected chi connectivity index (χ4v) is 2.12. The summed E-state index contributed by atoms with van der Waals surface area (Å²) in [5.41, 5.74) is -0.761. The number of aliphatic hydroxyl groups is 2. The van der Waals surface area contributed by atoms with E-state index >= 15 is 0 Å². The third-order valence-corrected chi connectivity index (χ3v) is 3.44. The number of fused-ring (bicyclic) bond motifs is 1. The van der Waals surface area contributed by atoms with E-state index < -0.39 is 17.1 Å². The maximum atomic E-state index is 13.6. The lowest BCUT2D eigenvalue weighted by molar-refractivity contribution is 0.0353. The number of benzene rings is 1. The molecule has 6 heteroatoms. The van der Waals surface area contributed by atoms with E-state index in [1.54, 1.807) is 19.1 Å². The molecule has 0 saturated heterocycles. The van der Waals surface area contributed by atoms with Crippen LogP contribution in [0.2, 0.25) is 0 Å². The minimum Gasteiger partial charge on any atom is -0.448 e. The van der Waals surface area contributed by atoms with Crippen LogP contribution in [0.15, 0.2) is 28.7 Å². The average molecular weight is 295 g/mol. The summed E-state index contributed by atoms with van der Waals surface area (Å²) in [4.78, 5) is 13.6. The van der Waals surface area contributed by atoms with Gasteiger partial charge in [0, 0.05) is 24.4 Å². The van der Waals surface area contributed by atoms with Crippen molar-refractivity contribution >= 4 is 16.9 Å². The third-order valence-electron chi connectivity index (χ3n) is 3.44. The Bertz CT molecular complexity index is 648. The van der Waals surface area contributed by atoms with Crippen molar-refractivity contribution in [3.05, 3.63) is 35.8 Å². The van der Waals surface area contributed by atoms with Gasteiger partial charge in [0.05, 0.1) is 13.2 Å². The van der Waals surface area contributed by atoms with Crippen LogP contribution in [0.1, 0.15) is 17.5 Å². The smallest absolute Gasteiger partial charge is 0.289 e. The number of rotatable bonds is 5. The molecule has 0 unspecified atom stereocenters. The summed E-state index contributed by atoms with van der Waals surface area (Å²) in [7, 11) is 1.54. The highest BCUT2D eigenvalue weighted by Gasteiger charge is 2.28. The number of aliphatic hydroxyl groups excluding tert-OH is 2. The van der Waals surface area contributed by atoms with Gasteiger partial charge >= 0.3 is 0 Å². The number of hydrogen-bond acceptors (Lipinski definition) is 4. The first-order valence-corrected chi connectivity index (χ1v) is 6.55. The molecule has 1 aromatic heterocycles. The molecule has 0 spiro atoms. The van der Waals surface area contributed by atoms with Crippen molar-refractivity contribution in [1.29, 1.82) is 0 Å². The van der Waals surface area contributed by atoms with Crippen molar-refractivity contribution in [2.45, 2.75) is 6.92 Å². The highest BCUT2D eigenvalue weighted by atomic mass is 19.1. The van der Waals surface area contributed by atoms with Crippen molar-refractivity contribution in [1.82, 2.24) is 4.90 Å². The zero-order valence-electron chi connectivity index (χ0n) is 12.0. The van der Waals surface area contributed by atoms with Gasteiger partial charge in [-0.15, -0.1) is 0 Å². The summed E-state index contributed by atoms with van der Waals surface area (Å²) in [6.07, 6.45) is 0. The summed E-state index contributed by atoms with van der Waals surface area (Å²) in [5.74, 6) is -0.931. The van der Waals surface area contributed by atoms with Gasteiger partial charge < -0.3 is 19.5 Å². The Morgan fingerprint density at radius 1 is 1.38 bits per heavy atom. The van der Waals surface area contributed by atoms with Crippen LogP contribution in [-0.4, -0.2) is 47.8 Å². The number of hydrogen-bond donors (Lipinski definition) is 2. The van der Waals surface area contributed by atoms with Gasteiger partial charge in [0.25, 0.3) is 5.91 Å². The molecular formula is C15H18FNO4. The Morgan fingerprint density at radius 2 is 2.05 bits per heavy atom. The standard InChI is InChI=1S/C15H18FNO4/c1-15(8-18,9-19)7-17(2)14(20)12-6-10-4-3-5-11(16)13(10)21-12/h3-6,18-19H,7-9H2,1-2H3. The first kappa shape index (κ1) is 15.5. The quantitative estimate of drug-likeness (QED) is 0.879. The Balaban J connectivity index is 2.23. The monoisotopic (exact) mass is 295 g/mol. The molecule has 1 aromatic carbocycles. The molecule has 0 aliphatic heterocycles. The number of carbonyl (C=O) groups excluding carboxylic acids is 1. The van der Waals surface area contributed by atoms with E-state index in [0.29, 0.717) is 5.39 Å². The zero-order chi connectivity index (χ0) is 15.6. The number of para-hydroxylation sites is 1. The van der Waals surface area contributed by atoms with Gasteiger partial charge in [0.1, 0.15) is 0 Å². The number of halogens is 1. The maximum Gasteiger partial charge on any atom is 0.289 e. The minimum atomic E-state index is -0.804. The van der Waals surface area contributed by atoms with Gasteiger partial charge in [-0.05, 0) is 12.1 Å². The van der Waals surface area contributed by atoms with Crippen molar-refractivity contribution in [3.63, 3.8) is 0 Å². The van der Waals surface area contributed by atoms with Crippen molar-refractivity contribution in [3.8, 4) is 0 Å². The van der Waals surface area contributed by atoms with Crippen molar-refractivity contribution in [2.24, 2.45) is 5.41 Å². The first-order valence-electron chi connectivity index (χ1n) is 6.55.